The number of urea groups is 1. The van der Waals surface area contributed by atoms with E-state index in [9.17, 15) is 9.59 Å². The molecular weight excluding hydrogens is 282 g/mol. The average Bonchev–Trinajstić information content (AvgIpc) is 2.80. The van der Waals surface area contributed by atoms with E-state index in [1.807, 2.05) is 38.1 Å². The van der Waals surface area contributed by atoms with Crippen LogP contribution >= 0.6 is 0 Å². The Morgan fingerprint density at radius 1 is 1.41 bits per heavy atom. The number of ether oxygens (including phenoxy) is 1. The van der Waals surface area contributed by atoms with Crippen molar-refractivity contribution >= 4 is 11.9 Å². The highest BCUT2D eigenvalue weighted by Crippen LogP contribution is 2.14. The lowest BCUT2D eigenvalue weighted by atomic mass is 10.1. The standard InChI is InChI=1S/C16H23N3O3/c1-11(2)22-13-6-4-12(5-7-13)8-9-17-15(20)14-10-18-16(21)19(14)3/h4-7,11,14H,8-10H2,1-3H3,(H,17,20)(H,18,21). The summed E-state index contributed by atoms with van der Waals surface area (Å²) in [5.41, 5.74) is 1.13. The molecule has 0 bridgehead atoms. The Balaban J connectivity index is 1.76. The number of likely N-dealkylation sites (N-methyl/N-ethyl adjacent to an activating group) is 1. The van der Waals surface area contributed by atoms with Crippen LogP contribution in [-0.4, -0.2) is 49.1 Å². The first kappa shape index (κ1) is 16.1. The van der Waals surface area contributed by atoms with Gasteiger partial charge in [-0.15, -0.1) is 0 Å². The molecule has 1 atom stereocenters. The second-order valence-corrected chi connectivity index (χ2v) is 5.66. The van der Waals surface area contributed by atoms with E-state index in [1.54, 1.807) is 7.05 Å². The molecule has 1 aromatic carbocycles. The molecule has 0 radical (unpaired) electrons. The van der Waals surface area contributed by atoms with Crippen LogP contribution in [0.15, 0.2) is 24.3 Å². The molecule has 2 N–H and O–H groups in total. The maximum Gasteiger partial charge on any atom is 0.317 e. The van der Waals surface area contributed by atoms with E-state index in [0.717, 1.165) is 17.7 Å². The molecule has 1 aromatic rings. The number of nitrogens with one attached hydrogen (secondary N) is 2. The molecule has 6 heteroatoms. The third-order valence-electron chi connectivity index (χ3n) is 3.55. The first-order valence-corrected chi connectivity index (χ1v) is 7.51. The van der Waals surface area contributed by atoms with Crippen LogP contribution < -0.4 is 15.4 Å². The number of nitrogens with zero attached hydrogens (tertiary/aromatic N) is 1. The van der Waals surface area contributed by atoms with E-state index in [2.05, 4.69) is 10.6 Å². The molecular formula is C16H23N3O3. The van der Waals surface area contributed by atoms with E-state index in [-0.39, 0.29) is 18.0 Å². The van der Waals surface area contributed by atoms with Gasteiger partial charge in [-0.05, 0) is 38.0 Å². The third-order valence-corrected chi connectivity index (χ3v) is 3.55. The van der Waals surface area contributed by atoms with E-state index in [1.165, 1.54) is 4.90 Å². The van der Waals surface area contributed by atoms with Crippen LogP contribution in [0.5, 0.6) is 5.75 Å². The van der Waals surface area contributed by atoms with Gasteiger partial charge >= 0.3 is 6.03 Å². The number of benzene rings is 1. The fraction of sp³-hybridized carbons (Fsp3) is 0.500. The minimum atomic E-state index is -0.422. The highest BCUT2D eigenvalue weighted by molar-refractivity contribution is 5.90. The van der Waals surface area contributed by atoms with Gasteiger partial charge in [-0.2, -0.15) is 0 Å². The summed E-state index contributed by atoms with van der Waals surface area (Å²) in [4.78, 5) is 24.7. The summed E-state index contributed by atoms with van der Waals surface area (Å²) in [5, 5.41) is 5.51. The topological polar surface area (TPSA) is 70.7 Å². The predicted molar refractivity (Wildman–Crippen MR) is 83.9 cm³/mol. The van der Waals surface area contributed by atoms with Crippen molar-refractivity contribution < 1.29 is 14.3 Å². The quantitative estimate of drug-likeness (QED) is 0.828. The summed E-state index contributed by atoms with van der Waals surface area (Å²) in [6.07, 6.45) is 0.899. The molecule has 1 heterocycles. The maximum atomic E-state index is 12.0. The SMILES string of the molecule is CC(C)Oc1ccc(CCNC(=O)C2CNC(=O)N2C)cc1. The zero-order valence-electron chi connectivity index (χ0n) is 13.3. The lowest BCUT2D eigenvalue weighted by molar-refractivity contribution is -0.124. The summed E-state index contributed by atoms with van der Waals surface area (Å²) in [6.45, 7) is 4.89. The largest absolute Gasteiger partial charge is 0.491 e. The van der Waals surface area contributed by atoms with E-state index in [0.29, 0.717) is 13.1 Å². The van der Waals surface area contributed by atoms with Crippen molar-refractivity contribution in [3.8, 4) is 5.75 Å². The zero-order valence-corrected chi connectivity index (χ0v) is 13.3. The molecule has 0 saturated carbocycles. The number of amides is 3. The Hall–Kier alpha value is -2.24. The fourth-order valence-corrected chi connectivity index (χ4v) is 2.31. The van der Waals surface area contributed by atoms with Gasteiger partial charge in [0.1, 0.15) is 11.8 Å². The molecule has 1 saturated heterocycles. The van der Waals surface area contributed by atoms with Crippen molar-refractivity contribution in [2.45, 2.75) is 32.4 Å². The summed E-state index contributed by atoms with van der Waals surface area (Å²) in [6, 6.07) is 7.23. The van der Waals surface area contributed by atoms with E-state index < -0.39 is 6.04 Å². The van der Waals surface area contributed by atoms with Crippen molar-refractivity contribution in [3.63, 3.8) is 0 Å². The Labute approximate surface area is 130 Å². The summed E-state index contributed by atoms with van der Waals surface area (Å²) >= 11 is 0. The predicted octanol–water partition coefficient (Wildman–Crippen LogP) is 1.16. The summed E-state index contributed by atoms with van der Waals surface area (Å²) in [5.74, 6) is 0.723. The second-order valence-electron chi connectivity index (χ2n) is 5.66. The van der Waals surface area contributed by atoms with Gasteiger partial charge in [0.25, 0.3) is 0 Å². The molecule has 120 valence electrons. The number of hydrogen-bond donors (Lipinski definition) is 2. The molecule has 6 nitrogen and oxygen atoms in total. The summed E-state index contributed by atoms with van der Waals surface area (Å²) in [7, 11) is 1.63. The molecule has 22 heavy (non-hydrogen) atoms. The molecule has 2 rings (SSSR count). The van der Waals surface area contributed by atoms with Gasteiger partial charge < -0.3 is 20.3 Å². The van der Waals surface area contributed by atoms with Crippen LogP contribution in [-0.2, 0) is 11.2 Å². The number of hydrogen-bond acceptors (Lipinski definition) is 3. The number of rotatable bonds is 6. The minimum absolute atomic E-state index is 0.124. The summed E-state index contributed by atoms with van der Waals surface area (Å²) < 4.78 is 5.59. The second kappa shape index (κ2) is 7.15. The normalized spacial score (nSPS) is 17.5. The first-order chi connectivity index (χ1) is 10.5. The molecule has 0 spiro atoms. The molecule has 1 unspecified atom stereocenters. The average molecular weight is 305 g/mol. The lowest BCUT2D eigenvalue weighted by Crippen LogP contribution is -2.44. The Bertz CT molecular complexity index is 528. The fourth-order valence-electron chi connectivity index (χ4n) is 2.31. The monoisotopic (exact) mass is 305 g/mol. The van der Waals surface area contributed by atoms with Crippen LogP contribution in [0.2, 0.25) is 0 Å². The number of carbonyl (C=O) groups is 2. The van der Waals surface area contributed by atoms with E-state index in [4.69, 9.17) is 4.74 Å². The maximum absolute atomic E-state index is 12.0. The van der Waals surface area contributed by atoms with Crippen LogP contribution in [0.1, 0.15) is 19.4 Å². The highest BCUT2D eigenvalue weighted by Gasteiger charge is 2.32. The highest BCUT2D eigenvalue weighted by atomic mass is 16.5. The van der Waals surface area contributed by atoms with Gasteiger partial charge in [0.2, 0.25) is 5.91 Å². The Kier molecular flexibility index (Phi) is 5.25. The van der Waals surface area contributed by atoms with Crippen LogP contribution in [0.4, 0.5) is 4.79 Å². The molecule has 0 aliphatic carbocycles. The van der Waals surface area contributed by atoms with Crippen molar-refractivity contribution in [2.24, 2.45) is 0 Å². The molecule has 1 fully saturated rings. The van der Waals surface area contributed by atoms with Crippen molar-refractivity contribution in [1.82, 2.24) is 15.5 Å². The van der Waals surface area contributed by atoms with Crippen LogP contribution in [0.3, 0.4) is 0 Å². The third kappa shape index (κ3) is 4.13. The van der Waals surface area contributed by atoms with Crippen molar-refractivity contribution in [1.29, 1.82) is 0 Å². The Morgan fingerprint density at radius 3 is 2.64 bits per heavy atom. The van der Waals surface area contributed by atoms with Crippen LogP contribution in [0, 0.1) is 0 Å². The Morgan fingerprint density at radius 2 is 2.09 bits per heavy atom. The minimum Gasteiger partial charge on any atom is -0.491 e. The van der Waals surface area contributed by atoms with Gasteiger partial charge in [0.05, 0.1) is 6.10 Å². The molecule has 3 amide bonds. The number of carbonyl (C=O) groups excluding carboxylic acids is 2. The lowest BCUT2D eigenvalue weighted by Gasteiger charge is -2.17. The first-order valence-electron chi connectivity index (χ1n) is 7.51. The van der Waals surface area contributed by atoms with Gasteiger partial charge in [0, 0.05) is 20.1 Å². The van der Waals surface area contributed by atoms with Gasteiger partial charge in [-0.3, -0.25) is 4.79 Å². The zero-order chi connectivity index (χ0) is 16.1. The van der Waals surface area contributed by atoms with E-state index >= 15 is 0 Å². The van der Waals surface area contributed by atoms with Crippen molar-refractivity contribution in [3.05, 3.63) is 29.8 Å². The van der Waals surface area contributed by atoms with Gasteiger partial charge in [0.15, 0.2) is 0 Å². The molecule has 0 aromatic heterocycles. The van der Waals surface area contributed by atoms with Gasteiger partial charge in [-0.25, -0.2) is 4.79 Å². The van der Waals surface area contributed by atoms with Crippen molar-refractivity contribution in [2.75, 3.05) is 20.1 Å². The van der Waals surface area contributed by atoms with Gasteiger partial charge in [-0.1, -0.05) is 12.1 Å². The molecule has 1 aliphatic rings. The smallest absolute Gasteiger partial charge is 0.317 e. The van der Waals surface area contributed by atoms with Crippen LogP contribution in [0.25, 0.3) is 0 Å². The molecule has 1 aliphatic heterocycles.